The lowest BCUT2D eigenvalue weighted by Gasteiger charge is -2.07. The van der Waals surface area contributed by atoms with Crippen LogP contribution < -0.4 is 0 Å². The minimum Gasteiger partial charge on any atom is -0.472 e. The molecule has 3 aromatic rings. The van der Waals surface area contributed by atoms with Gasteiger partial charge in [-0.2, -0.15) is 0 Å². The monoisotopic (exact) mass is 220 g/mol. The second-order valence-electron chi connectivity index (χ2n) is 3.92. The number of furan rings is 1. The van der Waals surface area contributed by atoms with E-state index in [1.54, 1.807) is 12.5 Å². The van der Waals surface area contributed by atoms with Gasteiger partial charge in [0.1, 0.15) is 0 Å². The van der Waals surface area contributed by atoms with E-state index in [0.29, 0.717) is 0 Å². The Balaban J connectivity index is 2.18. The third-order valence-corrected chi connectivity index (χ3v) is 2.84. The summed E-state index contributed by atoms with van der Waals surface area (Å²) in [7, 11) is 0. The molecule has 0 bridgehead atoms. The number of rotatable bonds is 2. The zero-order valence-electron chi connectivity index (χ0n) is 9.34. The summed E-state index contributed by atoms with van der Waals surface area (Å²) in [5.74, 6) is 0. The van der Waals surface area contributed by atoms with Crippen LogP contribution in [-0.2, 0) is 0 Å². The average molecular weight is 220 g/mol. The van der Waals surface area contributed by atoms with Gasteiger partial charge in [0.2, 0.25) is 0 Å². The van der Waals surface area contributed by atoms with E-state index in [-0.39, 0.29) is 0 Å². The van der Waals surface area contributed by atoms with Gasteiger partial charge in [-0.05, 0) is 22.8 Å². The van der Waals surface area contributed by atoms with Crippen LogP contribution in [0.1, 0.15) is 0 Å². The zero-order valence-corrected chi connectivity index (χ0v) is 9.34. The maximum atomic E-state index is 5.16. The van der Waals surface area contributed by atoms with Crippen molar-refractivity contribution in [1.82, 2.24) is 0 Å². The van der Waals surface area contributed by atoms with Crippen molar-refractivity contribution >= 4 is 0 Å². The first-order valence-corrected chi connectivity index (χ1v) is 5.62. The third kappa shape index (κ3) is 1.87. The maximum Gasteiger partial charge on any atom is 0.0981 e. The van der Waals surface area contributed by atoms with E-state index in [4.69, 9.17) is 4.42 Å². The van der Waals surface area contributed by atoms with Gasteiger partial charge >= 0.3 is 0 Å². The summed E-state index contributed by atoms with van der Waals surface area (Å²) >= 11 is 0. The molecule has 0 saturated heterocycles. The van der Waals surface area contributed by atoms with Crippen molar-refractivity contribution in [2.24, 2.45) is 0 Å². The Labute approximate surface area is 100 Å². The Morgan fingerprint density at radius 1 is 0.588 bits per heavy atom. The predicted molar refractivity (Wildman–Crippen MR) is 69.6 cm³/mol. The summed E-state index contributed by atoms with van der Waals surface area (Å²) < 4.78 is 5.16. The summed E-state index contributed by atoms with van der Waals surface area (Å²) in [6.45, 7) is 0. The van der Waals surface area contributed by atoms with E-state index in [1.165, 1.54) is 16.7 Å². The van der Waals surface area contributed by atoms with E-state index < -0.39 is 0 Å². The molecule has 0 aliphatic heterocycles. The fraction of sp³-hybridized carbons (Fsp3) is 0. The van der Waals surface area contributed by atoms with E-state index in [1.807, 2.05) is 12.1 Å². The number of benzene rings is 2. The van der Waals surface area contributed by atoms with Gasteiger partial charge in [0.15, 0.2) is 0 Å². The molecule has 82 valence electrons. The van der Waals surface area contributed by atoms with E-state index >= 15 is 0 Å². The van der Waals surface area contributed by atoms with Crippen molar-refractivity contribution in [3.05, 3.63) is 73.2 Å². The van der Waals surface area contributed by atoms with Crippen LogP contribution in [0, 0.1) is 0 Å². The second-order valence-corrected chi connectivity index (χ2v) is 3.92. The quantitative estimate of drug-likeness (QED) is 0.614. The van der Waals surface area contributed by atoms with Gasteiger partial charge in [0.05, 0.1) is 12.5 Å². The molecule has 1 heteroatoms. The minimum absolute atomic E-state index is 1.12. The molecule has 0 radical (unpaired) electrons. The van der Waals surface area contributed by atoms with E-state index in [0.717, 1.165) is 5.56 Å². The highest BCUT2D eigenvalue weighted by atomic mass is 16.3. The maximum absolute atomic E-state index is 5.16. The van der Waals surface area contributed by atoms with E-state index in [2.05, 4.69) is 48.5 Å². The SMILES string of the molecule is c1ccc(-c2ccccc2-c2ccoc2)cc1. The normalized spacial score (nSPS) is 10.4. The van der Waals surface area contributed by atoms with Crippen molar-refractivity contribution < 1.29 is 4.42 Å². The van der Waals surface area contributed by atoms with Crippen LogP contribution in [0.2, 0.25) is 0 Å². The Hall–Kier alpha value is -2.28. The van der Waals surface area contributed by atoms with Gasteiger partial charge in [-0.15, -0.1) is 0 Å². The first-order chi connectivity index (χ1) is 8.45. The predicted octanol–water partition coefficient (Wildman–Crippen LogP) is 4.61. The smallest absolute Gasteiger partial charge is 0.0981 e. The van der Waals surface area contributed by atoms with Crippen molar-refractivity contribution in [3.8, 4) is 22.3 Å². The zero-order chi connectivity index (χ0) is 11.5. The molecule has 0 amide bonds. The van der Waals surface area contributed by atoms with Gasteiger partial charge in [0, 0.05) is 5.56 Å². The van der Waals surface area contributed by atoms with Crippen LogP contribution in [0.5, 0.6) is 0 Å². The number of hydrogen-bond acceptors (Lipinski definition) is 1. The van der Waals surface area contributed by atoms with E-state index in [9.17, 15) is 0 Å². The first kappa shape index (κ1) is 9.91. The molecule has 3 rings (SSSR count). The Morgan fingerprint density at radius 3 is 1.88 bits per heavy atom. The summed E-state index contributed by atoms with van der Waals surface area (Å²) in [5.41, 5.74) is 4.77. The van der Waals surface area contributed by atoms with Crippen molar-refractivity contribution in [3.63, 3.8) is 0 Å². The van der Waals surface area contributed by atoms with Crippen molar-refractivity contribution in [1.29, 1.82) is 0 Å². The van der Waals surface area contributed by atoms with Gasteiger partial charge < -0.3 is 4.42 Å². The fourth-order valence-corrected chi connectivity index (χ4v) is 2.02. The Kier molecular flexibility index (Phi) is 2.51. The molecule has 1 aromatic heterocycles. The molecule has 0 aliphatic rings. The van der Waals surface area contributed by atoms with Crippen LogP contribution >= 0.6 is 0 Å². The minimum atomic E-state index is 1.12. The van der Waals surface area contributed by atoms with Gasteiger partial charge in [-0.1, -0.05) is 54.6 Å². The standard InChI is InChI=1S/C16H12O/c1-2-6-13(7-3-1)15-8-4-5-9-16(15)14-10-11-17-12-14/h1-12H. The second kappa shape index (κ2) is 4.30. The molecule has 0 fully saturated rings. The molecule has 0 saturated carbocycles. The fourth-order valence-electron chi connectivity index (χ4n) is 2.02. The molecular weight excluding hydrogens is 208 g/mol. The Morgan fingerprint density at radius 2 is 1.24 bits per heavy atom. The van der Waals surface area contributed by atoms with Gasteiger partial charge in [-0.3, -0.25) is 0 Å². The molecule has 0 spiro atoms. The largest absolute Gasteiger partial charge is 0.472 e. The summed E-state index contributed by atoms with van der Waals surface area (Å²) in [5, 5.41) is 0. The lowest BCUT2D eigenvalue weighted by molar-refractivity contribution is 0.568. The topological polar surface area (TPSA) is 13.1 Å². The van der Waals surface area contributed by atoms with Crippen LogP contribution in [0.4, 0.5) is 0 Å². The molecule has 17 heavy (non-hydrogen) atoms. The highest BCUT2D eigenvalue weighted by Gasteiger charge is 2.06. The molecule has 0 aliphatic carbocycles. The molecule has 0 unspecified atom stereocenters. The van der Waals surface area contributed by atoms with Crippen LogP contribution in [-0.4, -0.2) is 0 Å². The number of hydrogen-bond donors (Lipinski definition) is 0. The highest BCUT2D eigenvalue weighted by molar-refractivity contribution is 5.82. The van der Waals surface area contributed by atoms with Gasteiger partial charge in [-0.25, -0.2) is 0 Å². The molecule has 2 aromatic carbocycles. The third-order valence-electron chi connectivity index (χ3n) is 2.84. The van der Waals surface area contributed by atoms with Crippen LogP contribution in [0.3, 0.4) is 0 Å². The molecule has 1 nitrogen and oxygen atoms in total. The summed E-state index contributed by atoms with van der Waals surface area (Å²) in [6.07, 6.45) is 3.48. The first-order valence-electron chi connectivity index (χ1n) is 5.62. The highest BCUT2D eigenvalue weighted by Crippen LogP contribution is 2.31. The molecule has 1 heterocycles. The molecule has 0 N–H and O–H groups in total. The average Bonchev–Trinajstić information content (AvgIpc) is 2.94. The molecular formula is C16H12O. The lowest BCUT2D eigenvalue weighted by Crippen LogP contribution is -1.82. The van der Waals surface area contributed by atoms with Crippen LogP contribution in [0.25, 0.3) is 22.3 Å². The summed E-state index contributed by atoms with van der Waals surface area (Å²) in [6, 6.07) is 20.7. The lowest BCUT2D eigenvalue weighted by atomic mass is 9.96. The van der Waals surface area contributed by atoms with Gasteiger partial charge in [0.25, 0.3) is 0 Å². The van der Waals surface area contributed by atoms with Crippen molar-refractivity contribution in [2.45, 2.75) is 0 Å². The Bertz CT molecular complexity index is 594. The van der Waals surface area contributed by atoms with Crippen LogP contribution in [0.15, 0.2) is 77.6 Å². The van der Waals surface area contributed by atoms with Crippen molar-refractivity contribution in [2.75, 3.05) is 0 Å². The summed E-state index contributed by atoms with van der Waals surface area (Å²) in [4.78, 5) is 0. The molecule has 0 atom stereocenters.